The number of carbonyl (C=O) groups is 2. The molecule has 1 heterocycles. The first-order valence-electron chi connectivity index (χ1n) is 13.4. The molecule has 0 bridgehead atoms. The van der Waals surface area contributed by atoms with Gasteiger partial charge < -0.3 is 19.3 Å². The molecule has 0 radical (unpaired) electrons. The Balaban J connectivity index is 1.48. The molecule has 4 rings (SSSR count). The summed E-state index contributed by atoms with van der Waals surface area (Å²) in [6.07, 6.45) is 1.64. The minimum Gasteiger partial charge on any atom is -0.444 e. The maximum Gasteiger partial charge on any atom is 0.410 e. The molecule has 0 saturated carbocycles. The van der Waals surface area contributed by atoms with Gasteiger partial charge in [0.15, 0.2) is 0 Å². The van der Waals surface area contributed by atoms with Gasteiger partial charge in [-0.05, 0) is 81.0 Å². The van der Waals surface area contributed by atoms with E-state index in [1.807, 2.05) is 74.2 Å². The van der Waals surface area contributed by atoms with Crippen molar-refractivity contribution in [1.29, 1.82) is 0 Å². The Morgan fingerprint density at radius 1 is 0.974 bits per heavy atom. The summed E-state index contributed by atoms with van der Waals surface area (Å²) in [7, 11) is 0. The van der Waals surface area contributed by atoms with E-state index in [0.29, 0.717) is 36.3 Å². The number of halogens is 1. The zero-order valence-electron chi connectivity index (χ0n) is 23.2. The average Bonchev–Trinajstić information content (AvgIpc) is 3.33. The Kier molecular flexibility index (Phi) is 9.18. The fourth-order valence-corrected chi connectivity index (χ4v) is 5.01. The second-order valence-corrected chi connectivity index (χ2v) is 11.6. The van der Waals surface area contributed by atoms with E-state index in [4.69, 9.17) is 21.1 Å². The fraction of sp³-hybridized carbons (Fsp3) is 0.375. The molecular weight excluding hydrogens is 512 g/mol. The smallest absolute Gasteiger partial charge is 0.410 e. The molecule has 1 atom stereocenters. The standard InChI is InChI=1S/C32H37ClN2O4/c1-23(36)38-30-11-6-5-10-27(30)22-35(29-14-12-28(33)13-15-29)21-25-9-7-8-24(18-25)19-26-16-17-34(20-26)31(37)39-32(2,3)4/h5-15,18,26H,16-17,19-22H2,1-4H3/t26-/m0/s1. The zero-order chi connectivity index (χ0) is 28.0. The molecule has 0 unspecified atom stereocenters. The predicted octanol–water partition coefficient (Wildman–Crippen LogP) is 7.27. The largest absolute Gasteiger partial charge is 0.444 e. The number of hydrogen-bond acceptors (Lipinski definition) is 5. The molecule has 1 fully saturated rings. The second kappa shape index (κ2) is 12.6. The van der Waals surface area contributed by atoms with Gasteiger partial charge in [0.2, 0.25) is 0 Å². The highest BCUT2D eigenvalue weighted by Gasteiger charge is 2.29. The number of hydrogen-bond donors (Lipinski definition) is 0. The van der Waals surface area contributed by atoms with Crippen LogP contribution in [0.5, 0.6) is 5.75 Å². The molecular formula is C32H37ClN2O4. The van der Waals surface area contributed by atoms with Crippen molar-refractivity contribution in [2.75, 3.05) is 18.0 Å². The molecule has 39 heavy (non-hydrogen) atoms. The van der Waals surface area contributed by atoms with Gasteiger partial charge in [0.05, 0.1) is 0 Å². The van der Waals surface area contributed by atoms with Crippen LogP contribution < -0.4 is 9.64 Å². The van der Waals surface area contributed by atoms with Crippen molar-refractivity contribution in [1.82, 2.24) is 4.90 Å². The monoisotopic (exact) mass is 548 g/mol. The van der Waals surface area contributed by atoms with Gasteiger partial charge in [-0.25, -0.2) is 4.79 Å². The minimum absolute atomic E-state index is 0.230. The predicted molar refractivity (Wildman–Crippen MR) is 155 cm³/mol. The van der Waals surface area contributed by atoms with Crippen LogP contribution in [0.4, 0.5) is 10.5 Å². The second-order valence-electron chi connectivity index (χ2n) is 11.1. The van der Waals surface area contributed by atoms with Gasteiger partial charge in [0.25, 0.3) is 0 Å². The maximum atomic E-state index is 12.5. The van der Waals surface area contributed by atoms with Crippen molar-refractivity contribution in [2.45, 2.75) is 59.2 Å². The molecule has 7 heteroatoms. The van der Waals surface area contributed by atoms with Crippen LogP contribution in [-0.2, 0) is 29.0 Å². The Hall–Kier alpha value is -3.51. The number of para-hydroxylation sites is 1. The van der Waals surface area contributed by atoms with Crippen LogP contribution in [-0.4, -0.2) is 35.7 Å². The molecule has 0 N–H and O–H groups in total. The van der Waals surface area contributed by atoms with Gasteiger partial charge in [0, 0.05) is 49.4 Å². The fourth-order valence-electron chi connectivity index (χ4n) is 4.89. The number of likely N-dealkylation sites (tertiary alicyclic amines) is 1. The maximum absolute atomic E-state index is 12.5. The number of benzene rings is 3. The zero-order valence-corrected chi connectivity index (χ0v) is 23.9. The van der Waals surface area contributed by atoms with Crippen molar-refractivity contribution in [3.63, 3.8) is 0 Å². The molecule has 1 aliphatic heterocycles. The highest BCUT2D eigenvalue weighted by atomic mass is 35.5. The molecule has 3 aromatic rings. The van der Waals surface area contributed by atoms with Gasteiger partial charge in [0.1, 0.15) is 11.4 Å². The van der Waals surface area contributed by atoms with Crippen LogP contribution in [0.25, 0.3) is 0 Å². The lowest BCUT2D eigenvalue weighted by Crippen LogP contribution is -2.35. The van der Waals surface area contributed by atoms with Crippen molar-refractivity contribution >= 4 is 29.4 Å². The van der Waals surface area contributed by atoms with E-state index in [0.717, 1.165) is 30.6 Å². The molecule has 3 aromatic carbocycles. The third-order valence-electron chi connectivity index (χ3n) is 6.61. The Labute approximate surface area is 236 Å². The van der Waals surface area contributed by atoms with Crippen molar-refractivity contribution in [3.05, 3.63) is 94.5 Å². The van der Waals surface area contributed by atoms with Gasteiger partial charge in [-0.1, -0.05) is 54.1 Å². The van der Waals surface area contributed by atoms with E-state index in [9.17, 15) is 9.59 Å². The summed E-state index contributed by atoms with van der Waals surface area (Å²) in [6, 6.07) is 24.0. The lowest BCUT2D eigenvalue weighted by atomic mass is 9.97. The number of rotatable bonds is 8. The average molecular weight is 549 g/mol. The number of amides is 1. The van der Waals surface area contributed by atoms with E-state index < -0.39 is 5.60 Å². The number of esters is 1. The summed E-state index contributed by atoms with van der Waals surface area (Å²) in [6.45, 7) is 9.76. The van der Waals surface area contributed by atoms with Crippen LogP contribution in [0, 0.1) is 5.92 Å². The molecule has 0 spiro atoms. The topological polar surface area (TPSA) is 59.1 Å². The van der Waals surface area contributed by atoms with Crippen molar-refractivity contribution in [3.8, 4) is 5.75 Å². The van der Waals surface area contributed by atoms with Crippen LogP contribution in [0.15, 0.2) is 72.8 Å². The molecule has 0 aliphatic carbocycles. The van der Waals surface area contributed by atoms with Crippen LogP contribution in [0.1, 0.15) is 50.8 Å². The molecule has 1 aliphatic rings. The van der Waals surface area contributed by atoms with Crippen LogP contribution in [0.2, 0.25) is 5.02 Å². The van der Waals surface area contributed by atoms with Gasteiger partial charge in [-0.2, -0.15) is 0 Å². The summed E-state index contributed by atoms with van der Waals surface area (Å²) in [5, 5.41) is 0.679. The SMILES string of the molecule is CC(=O)Oc1ccccc1CN(Cc1cccc(C[C@@H]2CCN(C(=O)OC(C)(C)C)C2)c1)c1ccc(Cl)cc1. The quantitative estimate of drug-likeness (QED) is 0.219. The third-order valence-corrected chi connectivity index (χ3v) is 6.86. The lowest BCUT2D eigenvalue weighted by molar-refractivity contribution is -0.131. The summed E-state index contributed by atoms with van der Waals surface area (Å²) in [5.41, 5.74) is 3.88. The Morgan fingerprint density at radius 2 is 1.69 bits per heavy atom. The summed E-state index contributed by atoms with van der Waals surface area (Å²) >= 11 is 6.17. The summed E-state index contributed by atoms with van der Waals surface area (Å²) < 4.78 is 11.0. The molecule has 206 valence electrons. The highest BCUT2D eigenvalue weighted by molar-refractivity contribution is 6.30. The van der Waals surface area contributed by atoms with Gasteiger partial charge in [-0.3, -0.25) is 4.79 Å². The van der Waals surface area contributed by atoms with E-state index in [-0.39, 0.29) is 12.1 Å². The molecule has 1 amide bonds. The molecule has 0 aromatic heterocycles. The van der Waals surface area contributed by atoms with Crippen LogP contribution >= 0.6 is 11.6 Å². The van der Waals surface area contributed by atoms with E-state index in [1.54, 1.807) is 0 Å². The highest BCUT2D eigenvalue weighted by Crippen LogP contribution is 2.28. The first-order valence-corrected chi connectivity index (χ1v) is 13.8. The first kappa shape index (κ1) is 28.5. The van der Waals surface area contributed by atoms with Crippen LogP contribution in [0.3, 0.4) is 0 Å². The van der Waals surface area contributed by atoms with Gasteiger partial charge in [-0.15, -0.1) is 0 Å². The van der Waals surface area contributed by atoms with Crippen molar-refractivity contribution in [2.24, 2.45) is 5.92 Å². The Morgan fingerprint density at radius 3 is 2.41 bits per heavy atom. The van der Waals surface area contributed by atoms with Gasteiger partial charge >= 0.3 is 12.1 Å². The van der Waals surface area contributed by atoms with E-state index in [1.165, 1.54) is 18.1 Å². The van der Waals surface area contributed by atoms with E-state index >= 15 is 0 Å². The van der Waals surface area contributed by atoms with E-state index in [2.05, 4.69) is 29.2 Å². The number of nitrogens with zero attached hydrogens (tertiary/aromatic N) is 2. The normalized spacial score (nSPS) is 15.2. The van der Waals surface area contributed by atoms with Crippen molar-refractivity contribution < 1.29 is 19.1 Å². The molecule has 1 saturated heterocycles. The number of ether oxygens (including phenoxy) is 2. The minimum atomic E-state index is -0.488. The molecule has 6 nitrogen and oxygen atoms in total. The summed E-state index contributed by atoms with van der Waals surface area (Å²) in [5.74, 6) is 0.620. The number of anilines is 1. The summed E-state index contributed by atoms with van der Waals surface area (Å²) in [4.78, 5) is 28.2. The first-order chi connectivity index (χ1) is 18.6. The number of carbonyl (C=O) groups excluding carboxylic acids is 2. The third kappa shape index (κ3) is 8.49. The lowest BCUT2D eigenvalue weighted by Gasteiger charge is -2.26. The Bertz CT molecular complexity index is 1290.